The van der Waals surface area contributed by atoms with Gasteiger partial charge in [0.15, 0.2) is 0 Å². The maximum atomic E-state index is 5.40. The molecular formula is C17H17N3O. The number of methoxy groups -OCH3 is 1. The van der Waals surface area contributed by atoms with E-state index in [0.29, 0.717) is 0 Å². The van der Waals surface area contributed by atoms with Gasteiger partial charge in [0.25, 0.3) is 0 Å². The Bertz CT molecular complexity index is 771. The van der Waals surface area contributed by atoms with Gasteiger partial charge in [-0.3, -0.25) is 4.98 Å². The summed E-state index contributed by atoms with van der Waals surface area (Å²) in [5.74, 6) is 0.778. The molecule has 0 bridgehead atoms. The molecule has 3 rings (SSSR count). The molecule has 0 N–H and O–H groups in total. The lowest BCUT2D eigenvalue weighted by molar-refractivity contribution is 0.419. The summed E-state index contributed by atoms with van der Waals surface area (Å²) < 4.78 is 5.40. The lowest BCUT2D eigenvalue weighted by Gasteiger charge is -2.11. The molecule has 3 aromatic rings. The summed E-state index contributed by atoms with van der Waals surface area (Å²) in [7, 11) is 1.66. The van der Waals surface area contributed by atoms with E-state index in [2.05, 4.69) is 27.9 Å². The van der Waals surface area contributed by atoms with Crippen LogP contribution < -0.4 is 4.74 Å². The molecule has 1 aromatic carbocycles. The number of nitrogens with zero attached hydrogens (tertiary/aromatic N) is 3. The largest absolute Gasteiger partial charge is 0.494 e. The Kier molecular flexibility index (Phi) is 3.77. The highest BCUT2D eigenvalue weighted by atomic mass is 16.5. The van der Waals surface area contributed by atoms with Gasteiger partial charge in [-0.15, -0.1) is 0 Å². The van der Waals surface area contributed by atoms with Gasteiger partial charge in [0.1, 0.15) is 17.6 Å². The predicted molar refractivity (Wildman–Crippen MR) is 83.3 cm³/mol. The Morgan fingerprint density at radius 2 is 2.05 bits per heavy atom. The van der Waals surface area contributed by atoms with Gasteiger partial charge in [-0.1, -0.05) is 19.4 Å². The van der Waals surface area contributed by atoms with Crippen LogP contribution in [-0.4, -0.2) is 22.1 Å². The first kappa shape index (κ1) is 13.5. The van der Waals surface area contributed by atoms with Gasteiger partial charge in [0.05, 0.1) is 12.8 Å². The van der Waals surface area contributed by atoms with Crippen LogP contribution in [0.5, 0.6) is 5.75 Å². The lowest BCUT2D eigenvalue weighted by atomic mass is 9.99. The van der Waals surface area contributed by atoms with Crippen LogP contribution in [0.15, 0.2) is 43.0 Å². The van der Waals surface area contributed by atoms with Crippen LogP contribution in [0.2, 0.25) is 0 Å². The van der Waals surface area contributed by atoms with Crippen molar-refractivity contribution in [2.45, 2.75) is 19.8 Å². The van der Waals surface area contributed by atoms with Gasteiger partial charge in [0, 0.05) is 23.3 Å². The summed E-state index contributed by atoms with van der Waals surface area (Å²) in [5, 5.41) is 1.05. The zero-order chi connectivity index (χ0) is 14.7. The average Bonchev–Trinajstić information content (AvgIpc) is 2.55. The first-order valence-corrected chi connectivity index (χ1v) is 7.06. The average molecular weight is 279 g/mol. The third-order valence-corrected chi connectivity index (χ3v) is 3.52. The second-order valence-electron chi connectivity index (χ2n) is 4.86. The van der Waals surface area contributed by atoms with Gasteiger partial charge in [-0.2, -0.15) is 0 Å². The summed E-state index contributed by atoms with van der Waals surface area (Å²) in [5.41, 5.74) is 4.08. The molecular weight excluding hydrogens is 262 g/mol. The van der Waals surface area contributed by atoms with Crippen LogP contribution in [0, 0.1) is 0 Å². The van der Waals surface area contributed by atoms with E-state index in [1.165, 1.54) is 0 Å². The molecule has 0 aliphatic carbocycles. The molecule has 0 saturated carbocycles. The summed E-state index contributed by atoms with van der Waals surface area (Å²) in [6.07, 6.45) is 7.30. The van der Waals surface area contributed by atoms with Crippen molar-refractivity contribution in [2.75, 3.05) is 7.11 Å². The maximum Gasteiger partial charge on any atom is 0.145 e. The minimum absolute atomic E-state index is 0.778. The second-order valence-corrected chi connectivity index (χ2v) is 4.86. The zero-order valence-electron chi connectivity index (χ0n) is 12.2. The van der Waals surface area contributed by atoms with E-state index < -0.39 is 0 Å². The van der Waals surface area contributed by atoms with Gasteiger partial charge < -0.3 is 4.74 Å². The summed E-state index contributed by atoms with van der Waals surface area (Å²) in [6.45, 7) is 2.16. The van der Waals surface area contributed by atoms with E-state index in [0.717, 1.165) is 46.3 Å². The van der Waals surface area contributed by atoms with Gasteiger partial charge in [-0.25, -0.2) is 9.97 Å². The first-order valence-electron chi connectivity index (χ1n) is 7.06. The Hall–Kier alpha value is -2.49. The van der Waals surface area contributed by atoms with Crippen molar-refractivity contribution in [3.63, 3.8) is 0 Å². The van der Waals surface area contributed by atoms with E-state index >= 15 is 0 Å². The molecule has 106 valence electrons. The monoisotopic (exact) mass is 279 g/mol. The van der Waals surface area contributed by atoms with Crippen molar-refractivity contribution in [3.8, 4) is 17.0 Å². The molecule has 0 radical (unpaired) electrons. The number of pyridine rings is 1. The Morgan fingerprint density at radius 3 is 2.86 bits per heavy atom. The number of hydrogen-bond acceptors (Lipinski definition) is 4. The molecule has 0 unspecified atom stereocenters. The van der Waals surface area contributed by atoms with Crippen molar-refractivity contribution in [1.82, 2.24) is 15.0 Å². The third kappa shape index (κ3) is 2.44. The van der Waals surface area contributed by atoms with Gasteiger partial charge in [-0.05, 0) is 30.2 Å². The Morgan fingerprint density at radius 1 is 1.14 bits per heavy atom. The van der Waals surface area contributed by atoms with Crippen LogP contribution in [-0.2, 0) is 6.42 Å². The molecule has 0 saturated heterocycles. The molecule has 2 heterocycles. The number of aryl methyl sites for hydroxylation is 1. The minimum atomic E-state index is 0.778. The Balaban J connectivity index is 2.27. The van der Waals surface area contributed by atoms with Crippen molar-refractivity contribution in [2.24, 2.45) is 0 Å². The fourth-order valence-electron chi connectivity index (χ4n) is 2.57. The SMILES string of the molecule is CCCc1cncnc1-c1ccc(OC)c2ncccc12. The molecule has 2 aromatic heterocycles. The van der Waals surface area contributed by atoms with Crippen LogP contribution in [0.1, 0.15) is 18.9 Å². The molecule has 21 heavy (non-hydrogen) atoms. The van der Waals surface area contributed by atoms with Crippen LogP contribution in [0.25, 0.3) is 22.2 Å². The number of hydrogen-bond donors (Lipinski definition) is 0. The smallest absolute Gasteiger partial charge is 0.145 e. The van der Waals surface area contributed by atoms with E-state index in [-0.39, 0.29) is 0 Å². The second kappa shape index (κ2) is 5.87. The van der Waals surface area contributed by atoms with Crippen molar-refractivity contribution in [1.29, 1.82) is 0 Å². The molecule has 0 aliphatic heterocycles. The fourth-order valence-corrected chi connectivity index (χ4v) is 2.57. The molecule has 4 nitrogen and oxygen atoms in total. The highest BCUT2D eigenvalue weighted by Gasteiger charge is 2.13. The standard InChI is InChI=1S/C17H17N3O/c1-3-5-12-10-18-11-20-16(12)14-7-8-15(21-2)17-13(14)6-4-9-19-17/h4,6-11H,3,5H2,1-2H3. The number of rotatable bonds is 4. The number of fused-ring (bicyclic) bond motifs is 1. The summed E-state index contributed by atoms with van der Waals surface area (Å²) >= 11 is 0. The zero-order valence-corrected chi connectivity index (χ0v) is 12.2. The van der Waals surface area contributed by atoms with Crippen molar-refractivity contribution >= 4 is 10.9 Å². The highest BCUT2D eigenvalue weighted by Crippen LogP contribution is 2.33. The van der Waals surface area contributed by atoms with E-state index in [1.54, 1.807) is 19.6 Å². The van der Waals surface area contributed by atoms with E-state index in [4.69, 9.17) is 4.74 Å². The quantitative estimate of drug-likeness (QED) is 0.731. The van der Waals surface area contributed by atoms with Crippen molar-refractivity contribution in [3.05, 3.63) is 48.5 Å². The normalized spacial score (nSPS) is 10.8. The lowest BCUT2D eigenvalue weighted by Crippen LogP contribution is -1.96. The predicted octanol–water partition coefficient (Wildman–Crippen LogP) is 3.65. The number of benzene rings is 1. The highest BCUT2D eigenvalue weighted by molar-refractivity contribution is 5.97. The first-order chi connectivity index (χ1) is 10.3. The van der Waals surface area contributed by atoms with E-state index in [9.17, 15) is 0 Å². The molecule has 0 amide bonds. The molecule has 4 heteroatoms. The minimum Gasteiger partial charge on any atom is -0.494 e. The molecule has 0 aliphatic rings. The summed E-state index contributed by atoms with van der Waals surface area (Å²) in [4.78, 5) is 13.1. The van der Waals surface area contributed by atoms with Crippen LogP contribution in [0.3, 0.4) is 0 Å². The fraction of sp³-hybridized carbons (Fsp3) is 0.235. The summed E-state index contributed by atoms with van der Waals surface area (Å²) in [6, 6.07) is 7.98. The number of ether oxygens (including phenoxy) is 1. The molecule has 0 spiro atoms. The molecule has 0 fully saturated rings. The van der Waals surface area contributed by atoms with Gasteiger partial charge >= 0.3 is 0 Å². The Labute approximate surface area is 123 Å². The van der Waals surface area contributed by atoms with Crippen LogP contribution in [0.4, 0.5) is 0 Å². The third-order valence-electron chi connectivity index (χ3n) is 3.52. The van der Waals surface area contributed by atoms with E-state index in [1.807, 2.05) is 24.4 Å². The van der Waals surface area contributed by atoms with Crippen LogP contribution >= 0.6 is 0 Å². The van der Waals surface area contributed by atoms with Gasteiger partial charge in [0.2, 0.25) is 0 Å². The maximum absolute atomic E-state index is 5.40. The number of aromatic nitrogens is 3. The topological polar surface area (TPSA) is 47.9 Å². The van der Waals surface area contributed by atoms with Crippen molar-refractivity contribution < 1.29 is 4.74 Å². The molecule has 0 atom stereocenters.